The van der Waals surface area contributed by atoms with Crippen LogP contribution in [0, 0.1) is 11.6 Å². The molecule has 1 N–H and O–H groups in total. The summed E-state index contributed by atoms with van der Waals surface area (Å²) >= 11 is 0. The second kappa shape index (κ2) is 6.00. The lowest BCUT2D eigenvalue weighted by Crippen LogP contribution is -2.01. The molecule has 0 saturated carbocycles. The fourth-order valence-corrected chi connectivity index (χ4v) is 2.16. The number of hydrogen-bond donors (Lipinski definition) is 1. The third kappa shape index (κ3) is 3.26. The van der Waals surface area contributed by atoms with Gasteiger partial charge in [-0.2, -0.15) is 0 Å². The summed E-state index contributed by atoms with van der Waals surface area (Å²) < 4.78 is 31.7. The zero-order valence-electron chi connectivity index (χ0n) is 11.8. The predicted octanol–water partition coefficient (Wildman–Crippen LogP) is 3.91. The number of hydrogen-bond acceptors (Lipinski definition) is 3. The van der Waals surface area contributed by atoms with Gasteiger partial charge in [0.05, 0.1) is 12.1 Å². The van der Waals surface area contributed by atoms with E-state index < -0.39 is 17.6 Å². The van der Waals surface area contributed by atoms with Gasteiger partial charge in [-0.25, -0.2) is 13.8 Å². The molecule has 0 spiro atoms. The third-order valence-corrected chi connectivity index (χ3v) is 3.21. The first-order valence-electron chi connectivity index (χ1n) is 6.76. The van der Waals surface area contributed by atoms with Gasteiger partial charge in [0.15, 0.2) is 5.76 Å². The van der Waals surface area contributed by atoms with Gasteiger partial charge in [0.25, 0.3) is 0 Å². The Hall–Kier alpha value is -3.02. The molecule has 0 atom stereocenters. The van der Waals surface area contributed by atoms with E-state index >= 15 is 0 Å². The molecule has 116 valence electrons. The van der Waals surface area contributed by atoms with Crippen LogP contribution in [0.2, 0.25) is 0 Å². The highest BCUT2D eigenvalue weighted by molar-refractivity contribution is 5.74. The minimum absolute atomic E-state index is 0.181. The number of aromatic nitrogens is 1. The number of halogens is 2. The molecule has 6 heteroatoms. The van der Waals surface area contributed by atoms with E-state index in [1.807, 2.05) is 0 Å². The Morgan fingerprint density at radius 1 is 0.957 bits per heavy atom. The number of aliphatic carboxylic acids is 1. The van der Waals surface area contributed by atoms with E-state index in [9.17, 15) is 13.6 Å². The maximum Gasteiger partial charge on any atom is 0.309 e. The molecule has 2 aromatic carbocycles. The SMILES string of the molecule is O=C(O)Cc1nc(-c2ccc(F)cc2)oc1-c1ccc(F)cc1. The van der Waals surface area contributed by atoms with Crippen LogP contribution < -0.4 is 0 Å². The number of benzene rings is 2. The molecule has 0 saturated heterocycles. The molecule has 3 aromatic rings. The fraction of sp³-hybridized carbons (Fsp3) is 0.0588. The molecular formula is C17H11F2NO3. The van der Waals surface area contributed by atoms with E-state index in [1.54, 1.807) is 0 Å². The minimum atomic E-state index is -1.06. The molecule has 0 amide bonds. The summed E-state index contributed by atoms with van der Waals surface area (Å²) in [5.74, 6) is -1.43. The Morgan fingerprint density at radius 2 is 1.48 bits per heavy atom. The van der Waals surface area contributed by atoms with Gasteiger partial charge in [-0.05, 0) is 48.5 Å². The molecule has 0 aliphatic rings. The summed E-state index contributed by atoms with van der Waals surface area (Å²) in [6, 6.07) is 11.0. The zero-order chi connectivity index (χ0) is 16.4. The molecule has 0 radical (unpaired) electrons. The topological polar surface area (TPSA) is 63.3 Å². The third-order valence-electron chi connectivity index (χ3n) is 3.21. The Labute approximate surface area is 130 Å². The summed E-state index contributed by atoms with van der Waals surface area (Å²) in [5.41, 5.74) is 1.26. The van der Waals surface area contributed by atoms with Crippen LogP contribution in [-0.2, 0) is 11.2 Å². The molecular weight excluding hydrogens is 304 g/mol. The van der Waals surface area contributed by atoms with Crippen molar-refractivity contribution in [1.82, 2.24) is 4.98 Å². The smallest absolute Gasteiger partial charge is 0.309 e. The highest BCUT2D eigenvalue weighted by atomic mass is 19.1. The summed E-state index contributed by atoms with van der Waals surface area (Å²) in [5, 5.41) is 9.01. The van der Waals surface area contributed by atoms with E-state index in [2.05, 4.69) is 4.98 Å². The van der Waals surface area contributed by atoms with Gasteiger partial charge in [0, 0.05) is 11.1 Å². The van der Waals surface area contributed by atoms with Crippen molar-refractivity contribution >= 4 is 5.97 Å². The highest BCUT2D eigenvalue weighted by Crippen LogP contribution is 2.30. The van der Waals surface area contributed by atoms with Crippen LogP contribution in [0.25, 0.3) is 22.8 Å². The van der Waals surface area contributed by atoms with Crippen molar-refractivity contribution in [3.05, 3.63) is 65.9 Å². The normalized spacial score (nSPS) is 10.7. The van der Waals surface area contributed by atoms with Crippen molar-refractivity contribution in [2.24, 2.45) is 0 Å². The van der Waals surface area contributed by atoms with Gasteiger partial charge in [-0.1, -0.05) is 0 Å². The molecule has 1 aromatic heterocycles. The summed E-state index contributed by atoms with van der Waals surface area (Å²) in [6.45, 7) is 0. The monoisotopic (exact) mass is 315 g/mol. The van der Waals surface area contributed by atoms with Crippen molar-refractivity contribution in [3.8, 4) is 22.8 Å². The lowest BCUT2D eigenvalue weighted by molar-refractivity contribution is -0.136. The number of carboxylic acids is 1. The van der Waals surface area contributed by atoms with E-state index in [4.69, 9.17) is 9.52 Å². The van der Waals surface area contributed by atoms with Gasteiger partial charge < -0.3 is 9.52 Å². The van der Waals surface area contributed by atoms with Gasteiger partial charge in [0.2, 0.25) is 5.89 Å². The summed E-state index contributed by atoms with van der Waals surface area (Å²) in [6.07, 6.45) is -0.336. The standard InChI is InChI=1S/C17H11F2NO3/c18-12-5-1-10(2-6-12)16-14(9-15(21)22)20-17(23-16)11-3-7-13(19)8-4-11/h1-8H,9H2,(H,21,22). The first-order chi connectivity index (χ1) is 11.0. The molecule has 4 nitrogen and oxygen atoms in total. The predicted molar refractivity (Wildman–Crippen MR) is 78.6 cm³/mol. The maximum atomic E-state index is 13.0. The Morgan fingerprint density at radius 3 is 2.00 bits per heavy atom. The van der Waals surface area contributed by atoms with Crippen LogP contribution in [-0.4, -0.2) is 16.1 Å². The van der Waals surface area contributed by atoms with Crippen LogP contribution in [0.5, 0.6) is 0 Å². The maximum absolute atomic E-state index is 13.0. The largest absolute Gasteiger partial charge is 0.481 e. The van der Waals surface area contributed by atoms with Crippen LogP contribution in [0.1, 0.15) is 5.69 Å². The second-order valence-electron chi connectivity index (χ2n) is 4.88. The fourth-order valence-electron chi connectivity index (χ4n) is 2.16. The quantitative estimate of drug-likeness (QED) is 0.793. The second-order valence-corrected chi connectivity index (χ2v) is 4.88. The van der Waals surface area contributed by atoms with Crippen LogP contribution >= 0.6 is 0 Å². The first kappa shape index (κ1) is 14.9. The lowest BCUT2D eigenvalue weighted by Gasteiger charge is -1.99. The van der Waals surface area contributed by atoms with Gasteiger partial charge in [0.1, 0.15) is 11.6 Å². The number of oxazole rings is 1. The number of carbonyl (C=O) groups is 1. The van der Waals surface area contributed by atoms with E-state index in [0.717, 1.165) is 0 Å². The number of carboxylic acid groups (broad SMARTS) is 1. The van der Waals surface area contributed by atoms with Gasteiger partial charge >= 0.3 is 5.97 Å². The molecule has 0 aliphatic heterocycles. The molecule has 1 heterocycles. The Balaban J connectivity index is 2.08. The van der Waals surface area contributed by atoms with E-state index in [0.29, 0.717) is 11.1 Å². The van der Waals surface area contributed by atoms with Crippen LogP contribution in [0.15, 0.2) is 52.9 Å². The van der Waals surface area contributed by atoms with Crippen molar-refractivity contribution in [2.75, 3.05) is 0 Å². The van der Waals surface area contributed by atoms with Crippen LogP contribution in [0.3, 0.4) is 0 Å². The van der Waals surface area contributed by atoms with E-state index in [1.165, 1.54) is 48.5 Å². The zero-order valence-corrected chi connectivity index (χ0v) is 11.8. The molecule has 3 rings (SSSR count). The highest BCUT2D eigenvalue weighted by Gasteiger charge is 2.18. The molecule has 0 aliphatic carbocycles. The molecule has 0 bridgehead atoms. The lowest BCUT2D eigenvalue weighted by atomic mass is 10.1. The van der Waals surface area contributed by atoms with Crippen molar-refractivity contribution in [2.45, 2.75) is 6.42 Å². The summed E-state index contributed by atoms with van der Waals surface area (Å²) in [4.78, 5) is 15.2. The molecule has 0 unspecified atom stereocenters. The van der Waals surface area contributed by atoms with Gasteiger partial charge in [-0.15, -0.1) is 0 Å². The Kier molecular flexibility index (Phi) is 3.89. The average molecular weight is 315 g/mol. The number of rotatable bonds is 4. The van der Waals surface area contributed by atoms with E-state index in [-0.39, 0.29) is 23.8 Å². The number of nitrogens with zero attached hydrogens (tertiary/aromatic N) is 1. The average Bonchev–Trinajstić information content (AvgIpc) is 2.92. The van der Waals surface area contributed by atoms with Crippen molar-refractivity contribution in [1.29, 1.82) is 0 Å². The van der Waals surface area contributed by atoms with Crippen molar-refractivity contribution in [3.63, 3.8) is 0 Å². The van der Waals surface area contributed by atoms with Crippen molar-refractivity contribution < 1.29 is 23.1 Å². The van der Waals surface area contributed by atoms with Gasteiger partial charge in [-0.3, -0.25) is 4.79 Å². The first-order valence-corrected chi connectivity index (χ1v) is 6.76. The van der Waals surface area contributed by atoms with Crippen LogP contribution in [0.4, 0.5) is 8.78 Å². The minimum Gasteiger partial charge on any atom is -0.481 e. The molecule has 0 fully saturated rings. The summed E-state index contributed by atoms with van der Waals surface area (Å²) in [7, 11) is 0. The Bertz CT molecular complexity index is 839. The molecule has 23 heavy (non-hydrogen) atoms.